The van der Waals surface area contributed by atoms with Crippen LogP contribution in [0.1, 0.15) is 16.1 Å². The molecule has 1 aromatic carbocycles. The topological polar surface area (TPSA) is 74.2 Å². The quantitative estimate of drug-likeness (QED) is 0.757. The highest BCUT2D eigenvalue weighted by molar-refractivity contribution is 5.93. The molecule has 0 spiro atoms. The van der Waals surface area contributed by atoms with Crippen LogP contribution < -0.4 is 10.2 Å². The van der Waals surface area contributed by atoms with Gasteiger partial charge in [-0.05, 0) is 36.8 Å². The third-order valence-corrected chi connectivity index (χ3v) is 4.72. The number of piperazine rings is 1. The van der Waals surface area contributed by atoms with Gasteiger partial charge < -0.3 is 15.1 Å². The van der Waals surface area contributed by atoms with Crippen LogP contribution in [0.25, 0.3) is 0 Å². The molecule has 0 atom stereocenters. The summed E-state index contributed by atoms with van der Waals surface area (Å²) in [5.41, 5.74) is 2.48. The fourth-order valence-electron chi connectivity index (χ4n) is 3.25. The molecule has 1 aliphatic heterocycles. The first kappa shape index (κ1) is 17.9. The Morgan fingerprint density at radius 1 is 0.964 bits per heavy atom. The summed E-state index contributed by atoms with van der Waals surface area (Å²) in [6.45, 7) is 4.81. The summed E-state index contributed by atoms with van der Waals surface area (Å²) in [4.78, 5) is 29.7. The summed E-state index contributed by atoms with van der Waals surface area (Å²) in [5.74, 6) is 1.48. The van der Waals surface area contributed by atoms with E-state index in [1.807, 2.05) is 54.3 Å². The number of hydrogen-bond acceptors (Lipinski definition) is 6. The second kappa shape index (κ2) is 8.04. The molecule has 1 amide bonds. The van der Waals surface area contributed by atoms with Gasteiger partial charge in [0.05, 0.1) is 0 Å². The molecule has 0 aliphatic carbocycles. The van der Waals surface area contributed by atoms with E-state index >= 15 is 0 Å². The molecule has 4 rings (SSSR count). The van der Waals surface area contributed by atoms with Crippen LogP contribution in [0.3, 0.4) is 0 Å². The highest BCUT2D eigenvalue weighted by Gasteiger charge is 2.23. The first-order chi connectivity index (χ1) is 13.7. The summed E-state index contributed by atoms with van der Waals surface area (Å²) in [6.07, 6.45) is 3.21. The Bertz CT molecular complexity index is 954. The van der Waals surface area contributed by atoms with Crippen molar-refractivity contribution in [2.75, 3.05) is 36.4 Å². The number of anilines is 3. The minimum Gasteiger partial charge on any atom is -0.353 e. The average molecular weight is 374 g/mol. The van der Waals surface area contributed by atoms with Crippen LogP contribution in [0.15, 0.2) is 61.1 Å². The number of carbonyl (C=O) groups is 1. The highest BCUT2D eigenvalue weighted by Crippen LogP contribution is 2.18. The Balaban J connectivity index is 1.41. The molecular weight excluding hydrogens is 352 g/mol. The maximum Gasteiger partial charge on any atom is 0.272 e. The Kier molecular flexibility index (Phi) is 5.14. The van der Waals surface area contributed by atoms with Crippen LogP contribution in [0.5, 0.6) is 0 Å². The maximum atomic E-state index is 12.9. The van der Waals surface area contributed by atoms with E-state index in [1.54, 1.807) is 12.3 Å². The fraction of sp³-hybridized carbons (Fsp3) is 0.238. The number of carbonyl (C=O) groups excluding carboxylic acids is 1. The Morgan fingerprint density at radius 2 is 1.82 bits per heavy atom. The van der Waals surface area contributed by atoms with E-state index in [9.17, 15) is 4.79 Å². The van der Waals surface area contributed by atoms with Crippen LogP contribution >= 0.6 is 0 Å². The first-order valence-corrected chi connectivity index (χ1v) is 9.30. The molecule has 7 nitrogen and oxygen atoms in total. The molecule has 28 heavy (non-hydrogen) atoms. The van der Waals surface area contributed by atoms with Gasteiger partial charge >= 0.3 is 0 Å². The summed E-state index contributed by atoms with van der Waals surface area (Å²) in [5, 5.41) is 3.23. The van der Waals surface area contributed by atoms with Gasteiger partial charge in [0.1, 0.15) is 23.7 Å². The van der Waals surface area contributed by atoms with Gasteiger partial charge in [-0.2, -0.15) is 0 Å². The second-order valence-corrected chi connectivity index (χ2v) is 6.75. The molecule has 142 valence electrons. The molecular formula is C21H22N6O. The van der Waals surface area contributed by atoms with Crippen molar-refractivity contribution in [3.05, 3.63) is 72.3 Å². The molecule has 0 bridgehead atoms. The zero-order valence-corrected chi connectivity index (χ0v) is 15.7. The standard InChI is InChI=1S/C21H22N6O/c1-16-5-4-6-17(13-16)25-19-14-18(23-15-24-19)21(28)27-11-9-26(10-12-27)20-7-2-3-8-22-20/h2-8,13-15H,9-12H2,1H3,(H,23,24,25). The summed E-state index contributed by atoms with van der Waals surface area (Å²) in [7, 11) is 0. The minimum atomic E-state index is -0.0737. The van der Waals surface area contributed by atoms with E-state index in [0.717, 1.165) is 30.2 Å². The van der Waals surface area contributed by atoms with Crippen molar-refractivity contribution in [1.82, 2.24) is 19.9 Å². The molecule has 1 N–H and O–H groups in total. The highest BCUT2D eigenvalue weighted by atomic mass is 16.2. The fourth-order valence-corrected chi connectivity index (χ4v) is 3.25. The Hall–Kier alpha value is -3.48. The molecule has 7 heteroatoms. The molecule has 1 saturated heterocycles. The van der Waals surface area contributed by atoms with Crippen LogP contribution in [-0.4, -0.2) is 51.9 Å². The second-order valence-electron chi connectivity index (χ2n) is 6.75. The third-order valence-electron chi connectivity index (χ3n) is 4.72. The van der Waals surface area contributed by atoms with Crippen molar-refractivity contribution in [2.45, 2.75) is 6.92 Å². The van der Waals surface area contributed by atoms with E-state index in [0.29, 0.717) is 24.6 Å². The van der Waals surface area contributed by atoms with Crippen molar-refractivity contribution in [3.63, 3.8) is 0 Å². The van der Waals surface area contributed by atoms with Gasteiger partial charge in [-0.1, -0.05) is 18.2 Å². The average Bonchev–Trinajstić information content (AvgIpc) is 2.74. The Morgan fingerprint density at radius 3 is 2.57 bits per heavy atom. The van der Waals surface area contributed by atoms with Gasteiger partial charge in [0.2, 0.25) is 0 Å². The lowest BCUT2D eigenvalue weighted by molar-refractivity contribution is 0.0740. The summed E-state index contributed by atoms with van der Waals surface area (Å²) >= 11 is 0. The lowest BCUT2D eigenvalue weighted by Gasteiger charge is -2.35. The van der Waals surface area contributed by atoms with Gasteiger partial charge in [0, 0.05) is 44.1 Å². The van der Waals surface area contributed by atoms with Crippen molar-refractivity contribution in [1.29, 1.82) is 0 Å². The van der Waals surface area contributed by atoms with E-state index in [1.165, 1.54) is 6.33 Å². The van der Waals surface area contributed by atoms with Crippen molar-refractivity contribution >= 4 is 23.2 Å². The summed E-state index contributed by atoms with van der Waals surface area (Å²) < 4.78 is 0. The molecule has 0 radical (unpaired) electrons. The van der Waals surface area contributed by atoms with Crippen LogP contribution in [0, 0.1) is 6.92 Å². The van der Waals surface area contributed by atoms with E-state index < -0.39 is 0 Å². The van der Waals surface area contributed by atoms with Gasteiger partial charge in [-0.25, -0.2) is 15.0 Å². The smallest absolute Gasteiger partial charge is 0.272 e. The van der Waals surface area contributed by atoms with Crippen LogP contribution in [0.2, 0.25) is 0 Å². The predicted molar refractivity (Wildman–Crippen MR) is 109 cm³/mol. The molecule has 1 aliphatic rings. The molecule has 3 heterocycles. The van der Waals surface area contributed by atoms with E-state index in [-0.39, 0.29) is 5.91 Å². The van der Waals surface area contributed by atoms with Gasteiger partial charge in [-0.3, -0.25) is 4.79 Å². The van der Waals surface area contributed by atoms with Gasteiger partial charge in [0.15, 0.2) is 0 Å². The number of aryl methyl sites for hydroxylation is 1. The number of aromatic nitrogens is 3. The van der Waals surface area contributed by atoms with E-state index in [4.69, 9.17) is 0 Å². The van der Waals surface area contributed by atoms with Crippen molar-refractivity contribution in [3.8, 4) is 0 Å². The van der Waals surface area contributed by atoms with Crippen LogP contribution in [-0.2, 0) is 0 Å². The largest absolute Gasteiger partial charge is 0.353 e. The number of rotatable bonds is 4. The molecule has 2 aromatic heterocycles. The number of benzene rings is 1. The SMILES string of the molecule is Cc1cccc(Nc2cc(C(=O)N3CCN(c4ccccn4)CC3)ncn2)c1. The monoisotopic (exact) mass is 374 g/mol. The number of nitrogens with one attached hydrogen (secondary N) is 1. The number of pyridine rings is 1. The van der Waals surface area contributed by atoms with Crippen molar-refractivity contribution < 1.29 is 4.79 Å². The first-order valence-electron chi connectivity index (χ1n) is 9.30. The zero-order valence-electron chi connectivity index (χ0n) is 15.7. The molecule has 3 aromatic rings. The normalized spacial score (nSPS) is 14.0. The lowest BCUT2D eigenvalue weighted by atomic mass is 10.2. The number of hydrogen-bond donors (Lipinski definition) is 1. The lowest BCUT2D eigenvalue weighted by Crippen LogP contribution is -2.49. The zero-order chi connectivity index (χ0) is 19.3. The third kappa shape index (κ3) is 4.09. The maximum absolute atomic E-state index is 12.9. The number of amides is 1. The predicted octanol–water partition coefficient (Wildman–Crippen LogP) is 2.89. The minimum absolute atomic E-state index is 0.0737. The van der Waals surface area contributed by atoms with Gasteiger partial charge in [0.25, 0.3) is 5.91 Å². The summed E-state index contributed by atoms with van der Waals surface area (Å²) in [6, 6.07) is 15.6. The molecule has 1 fully saturated rings. The Labute approximate surface area is 164 Å². The van der Waals surface area contributed by atoms with Crippen molar-refractivity contribution in [2.24, 2.45) is 0 Å². The van der Waals surface area contributed by atoms with Crippen LogP contribution in [0.4, 0.5) is 17.3 Å². The number of nitrogens with zero attached hydrogens (tertiary/aromatic N) is 5. The molecule has 0 saturated carbocycles. The molecule has 0 unspecified atom stereocenters. The van der Waals surface area contributed by atoms with Gasteiger partial charge in [-0.15, -0.1) is 0 Å². The van der Waals surface area contributed by atoms with E-state index in [2.05, 4.69) is 25.2 Å².